The van der Waals surface area contributed by atoms with E-state index in [-0.39, 0.29) is 11.3 Å². The van der Waals surface area contributed by atoms with Crippen molar-refractivity contribution in [3.63, 3.8) is 0 Å². The van der Waals surface area contributed by atoms with Crippen molar-refractivity contribution in [2.75, 3.05) is 0 Å². The topological polar surface area (TPSA) is 79.5 Å². The van der Waals surface area contributed by atoms with Crippen LogP contribution in [-0.4, -0.2) is 27.0 Å². The summed E-state index contributed by atoms with van der Waals surface area (Å²) in [7, 11) is 0. The minimum atomic E-state index is -0.494. The van der Waals surface area contributed by atoms with Crippen LogP contribution in [-0.2, 0) is 0 Å². The van der Waals surface area contributed by atoms with E-state index in [1.54, 1.807) is 23.0 Å². The van der Waals surface area contributed by atoms with Crippen molar-refractivity contribution in [3.8, 4) is 22.7 Å². The summed E-state index contributed by atoms with van der Waals surface area (Å²) in [5.74, 6) is -0.588. The van der Waals surface area contributed by atoms with Crippen molar-refractivity contribution < 1.29 is 9.90 Å². The molecule has 0 aliphatic rings. The lowest BCUT2D eigenvalue weighted by molar-refractivity contribution is 0.0952. The van der Waals surface area contributed by atoms with E-state index in [4.69, 9.17) is 5.10 Å². The van der Waals surface area contributed by atoms with Gasteiger partial charge in [0.1, 0.15) is 11.4 Å². The highest BCUT2D eigenvalue weighted by molar-refractivity contribution is 6.02. The molecule has 0 fully saturated rings. The highest BCUT2D eigenvalue weighted by Crippen LogP contribution is 2.25. The molecule has 6 heteroatoms. The third-order valence-corrected chi connectivity index (χ3v) is 5.29. The van der Waals surface area contributed by atoms with Gasteiger partial charge in [0.2, 0.25) is 0 Å². The fourth-order valence-electron chi connectivity index (χ4n) is 3.65. The molecule has 2 N–H and O–H groups in total. The first-order chi connectivity index (χ1) is 16.2. The van der Waals surface area contributed by atoms with Crippen molar-refractivity contribution in [1.29, 1.82) is 0 Å². The second-order valence-electron chi connectivity index (χ2n) is 7.49. The van der Waals surface area contributed by atoms with Crippen LogP contribution in [0, 0.1) is 0 Å². The van der Waals surface area contributed by atoms with Crippen molar-refractivity contribution >= 4 is 22.9 Å². The predicted molar refractivity (Wildman–Crippen MR) is 130 cm³/mol. The molecule has 33 heavy (non-hydrogen) atoms. The fraction of sp³-hybridized carbons (Fsp3) is 0. The zero-order valence-electron chi connectivity index (χ0n) is 17.6. The molecule has 0 unspecified atom stereocenters. The number of phenols is 1. The Bertz CT molecular complexity index is 1460. The number of hydrazone groups is 1. The molecular weight excluding hydrogens is 412 g/mol. The number of amides is 1. The zero-order valence-corrected chi connectivity index (χ0v) is 17.6. The van der Waals surface area contributed by atoms with Crippen LogP contribution in [0.25, 0.3) is 27.7 Å². The van der Waals surface area contributed by atoms with Crippen LogP contribution >= 0.6 is 0 Å². The summed E-state index contributed by atoms with van der Waals surface area (Å²) in [6.07, 6.45) is 3.42. The Morgan fingerprint density at radius 1 is 0.879 bits per heavy atom. The number of carbonyl (C=O) groups excluding carboxylic acids is 1. The molecule has 0 radical (unpaired) electrons. The van der Waals surface area contributed by atoms with E-state index in [9.17, 15) is 9.90 Å². The standard InChI is InChI=1S/C27H20N4O2/c32-25-16-21-12-8-7-11-20(21)15-24(25)27(33)29-28-17-22-18-31(23-13-5-2-6-14-23)30-26(22)19-9-3-1-4-10-19/h1-18,32H,(H,29,33). The maximum absolute atomic E-state index is 12.7. The largest absolute Gasteiger partial charge is 0.507 e. The lowest BCUT2D eigenvalue weighted by Gasteiger charge is -2.05. The lowest BCUT2D eigenvalue weighted by Crippen LogP contribution is -2.17. The second kappa shape index (κ2) is 8.80. The van der Waals surface area contributed by atoms with Gasteiger partial charge in [0.05, 0.1) is 17.5 Å². The van der Waals surface area contributed by atoms with Crippen LogP contribution < -0.4 is 5.43 Å². The number of benzene rings is 4. The van der Waals surface area contributed by atoms with Gasteiger partial charge in [0.25, 0.3) is 5.91 Å². The SMILES string of the molecule is O=C(NN=Cc1cn(-c2ccccc2)nc1-c1ccccc1)c1cc2ccccc2cc1O. The van der Waals surface area contributed by atoms with Crippen LogP contribution in [0.3, 0.4) is 0 Å². The first-order valence-electron chi connectivity index (χ1n) is 10.4. The van der Waals surface area contributed by atoms with Crippen molar-refractivity contribution in [2.24, 2.45) is 5.10 Å². The predicted octanol–water partition coefficient (Wildman–Crippen LogP) is 5.16. The number of rotatable bonds is 5. The van der Waals surface area contributed by atoms with E-state index < -0.39 is 5.91 Å². The number of aromatic hydroxyl groups is 1. The Morgan fingerprint density at radius 2 is 1.52 bits per heavy atom. The molecule has 4 aromatic carbocycles. The van der Waals surface area contributed by atoms with Crippen molar-refractivity contribution in [2.45, 2.75) is 0 Å². The number of phenolic OH excluding ortho intramolecular Hbond substituents is 1. The molecule has 5 aromatic rings. The Hall–Kier alpha value is -4.71. The molecule has 0 saturated heterocycles. The minimum Gasteiger partial charge on any atom is -0.507 e. The molecule has 6 nitrogen and oxygen atoms in total. The molecule has 160 valence electrons. The molecule has 1 heterocycles. The number of hydrogen-bond acceptors (Lipinski definition) is 4. The first kappa shape index (κ1) is 20.2. The van der Waals surface area contributed by atoms with E-state index in [0.29, 0.717) is 0 Å². The average Bonchev–Trinajstić information content (AvgIpc) is 3.29. The van der Waals surface area contributed by atoms with E-state index in [2.05, 4.69) is 10.5 Å². The molecule has 0 saturated carbocycles. The molecule has 0 aliphatic carbocycles. The van der Waals surface area contributed by atoms with Gasteiger partial charge in [0.15, 0.2) is 0 Å². The van der Waals surface area contributed by atoms with Gasteiger partial charge in [-0.25, -0.2) is 10.1 Å². The Morgan fingerprint density at radius 3 is 2.24 bits per heavy atom. The molecule has 0 atom stereocenters. The third-order valence-electron chi connectivity index (χ3n) is 5.29. The number of para-hydroxylation sites is 1. The van der Waals surface area contributed by atoms with Gasteiger partial charge in [0, 0.05) is 17.3 Å². The Kier molecular flexibility index (Phi) is 5.39. The van der Waals surface area contributed by atoms with Gasteiger partial charge >= 0.3 is 0 Å². The molecular formula is C27H20N4O2. The first-order valence-corrected chi connectivity index (χ1v) is 10.4. The summed E-state index contributed by atoms with van der Waals surface area (Å²) in [5.41, 5.74) is 6.01. The van der Waals surface area contributed by atoms with Crippen molar-refractivity contribution in [1.82, 2.24) is 15.2 Å². The molecule has 0 aliphatic heterocycles. The molecule has 1 aromatic heterocycles. The minimum absolute atomic E-state index is 0.0942. The van der Waals surface area contributed by atoms with Gasteiger partial charge in [-0.05, 0) is 35.0 Å². The summed E-state index contributed by atoms with van der Waals surface area (Å²) in [5, 5.41) is 20.9. The van der Waals surface area contributed by atoms with E-state index in [1.807, 2.05) is 91.1 Å². The number of aromatic nitrogens is 2. The lowest BCUT2D eigenvalue weighted by atomic mass is 10.1. The maximum Gasteiger partial charge on any atom is 0.275 e. The number of fused-ring (bicyclic) bond motifs is 1. The van der Waals surface area contributed by atoms with Gasteiger partial charge < -0.3 is 5.11 Å². The van der Waals surface area contributed by atoms with Crippen LogP contribution in [0.5, 0.6) is 5.75 Å². The van der Waals surface area contributed by atoms with E-state index in [1.165, 1.54) is 0 Å². The molecule has 5 rings (SSSR count). The fourth-order valence-corrected chi connectivity index (χ4v) is 3.65. The molecule has 0 bridgehead atoms. The zero-order chi connectivity index (χ0) is 22.6. The van der Waals surface area contributed by atoms with Crippen LogP contribution in [0.15, 0.2) is 108 Å². The van der Waals surface area contributed by atoms with E-state index >= 15 is 0 Å². The third kappa shape index (κ3) is 4.22. The quantitative estimate of drug-likeness (QED) is 0.297. The summed E-state index contributed by atoms with van der Waals surface area (Å²) >= 11 is 0. The van der Waals surface area contributed by atoms with Gasteiger partial charge in [-0.15, -0.1) is 0 Å². The van der Waals surface area contributed by atoms with Gasteiger partial charge in [-0.3, -0.25) is 4.79 Å². The summed E-state index contributed by atoms with van der Waals surface area (Å²) in [6, 6.07) is 30.3. The monoisotopic (exact) mass is 432 g/mol. The summed E-state index contributed by atoms with van der Waals surface area (Å²) < 4.78 is 1.78. The van der Waals surface area contributed by atoms with Crippen LogP contribution in [0.2, 0.25) is 0 Å². The van der Waals surface area contributed by atoms with Gasteiger partial charge in [-0.1, -0.05) is 72.8 Å². The number of hydrogen-bond donors (Lipinski definition) is 2. The highest BCUT2D eigenvalue weighted by atomic mass is 16.3. The second-order valence-corrected chi connectivity index (χ2v) is 7.49. The summed E-state index contributed by atoms with van der Waals surface area (Å²) in [6.45, 7) is 0. The Labute approximate surface area is 190 Å². The number of nitrogens with zero attached hydrogens (tertiary/aromatic N) is 3. The number of nitrogens with one attached hydrogen (secondary N) is 1. The van der Waals surface area contributed by atoms with Gasteiger partial charge in [-0.2, -0.15) is 10.2 Å². The summed E-state index contributed by atoms with van der Waals surface area (Å²) in [4.78, 5) is 12.7. The Balaban J connectivity index is 1.44. The molecule has 0 spiro atoms. The van der Waals surface area contributed by atoms with Crippen LogP contribution in [0.4, 0.5) is 0 Å². The number of carbonyl (C=O) groups is 1. The maximum atomic E-state index is 12.7. The molecule has 1 amide bonds. The average molecular weight is 432 g/mol. The van der Waals surface area contributed by atoms with Crippen molar-refractivity contribution in [3.05, 3.63) is 114 Å². The smallest absolute Gasteiger partial charge is 0.275 e. The van der Waals surface area contributed by atoms with E-state index in [0.717, 1.165) is 33.3 Å². The highest BCUT2D eigenvalue weighted by Gasteiger charge is 2.13. The van der Waals surface area contributed by atoms with Crippen LogP contribution in [0.1, 0.15) is 15.9 Å². The normalized spacial score (nSPS) is 11.2.